The first-order valence-corrected chi connectivity index (χ1v) is 10.9. The summed E-state index contributed by atoms with van der Waals surface area (Å²) < 4.78 is 24.3. The van der Waals surface area contributed by atoms with Gasteiger partial charge in [-0.3, -0.25) is 4.79 Å². The molecule has 2 aromatic rings. The molecule has 0 atom stereocenters. The molecule has 136 valence electrons. The zero-order chi connectivity index (χ0) is 18.9. The maximum Gasteiger partial charge on any atom is 0.229 e. The van der Waals surface area contributed by atoms with Gasteiger partial charge in [0, 0.05) is 4.88 Å². The molecule has 3 rings (SSSR count). The van der Waals surface area contributed by atoms with Gasteiger partial charge in [-0.1, -0.05) is 12.1 Å². The Morgan fingerprint density at radius 2 is 1.96 bits per heavy atom. The summed E-state index contributed by atoms with van der Waals surface area (Å²) in [5, 5.41) is 12.4. The number of benzene rings is 1. The van der Waals surface area contributed by atoms with Crippen LogP contribution in [0.2, 0.25) is 0 Å². The summed E-state index contributed by atoms with van der Waals surface area (Å²) in [4.78, 5) is 13.8. The van der Waals surface area contributed by atoms with Crippen molar-refractivity contribution in [1.82, 2.24) is 0 Å². The summed E-state index contributed by atoms with van der Waals surface area (Å²) in [7, 11) is -3.31. The number of thiophene rings is 1. The number of carbonyl (C=O) groups excluding carboxylic acids is 1. The van der Waals surface area contributed by atoms with Crippen LogP contribution in [0.1, 0.15) is 41.8 Å². The highest BCUT2D eigenvalue weighted by molar-refractivity contribution is 7.92. The molecule has 1 aromatic carbocycles. The molecule has 0 aliphatic heterocycles. The van der Waals surface area contributed by atoms with Crippen LogP contribution in [-0.2, 0) is 33.9 Å². The Balaban J connectivity index is 1.71. The molecule has 1 heterocycles. The molecule has 7 heteroatoms. The van der Waals surface area contributed by atoms with Crippen molar-refractivity contribution in [2.24, 2.45) is 0 Å². The number of anilines is 1. The molecule has 0 saturated carbocycles. The topological polar surface area (TPSA) is 87.0 Å². The number of hydrogen-bond acceptors (Lipinski definition) is 5. The molecule has 1 N–H and O–H groups in total. The van der Waals surface area contributed by atoms with Crippen LogP contribution >= 0.6 is 11.3 Å². The molecule has 1 aliphatic carbocycles. The van der Waals surface area contributed by atoms with E-state index >= 15 is 0 Å². The summed E-state index contributed by atoms with van der Waals surface area (Å²) in [6, 6.07) is 8.61. The lowest BCUT2D eigenvalue weighted by molar-refractivity contribution is -0.115. The van der Waals surface area contributed by atoms with Crippen LogP contribution in [-0.4, -0.2) is 19.6 Å². The number of carbonyl (C=O) groups is 1. The Kier molecular flexibility index (Phi) is 5.17. The van der Waals surface area contributed by atoms with Crippen LogP contribution in [0.25, 0.3) is 0 Å². The molecule has 0 unspecified atom stereocenters. The maximum absolute atomic E-state index is 12.3. The Hall–Kier alpha value is -2.17. The Labute approximate surface area is 157 Å². The SMILES string of the molecule is CC(C)S(=O)(=O)c1ccc(CC(=O)Nc2sc3c(c2C#N)CCC3)cc1. The van der Waals surface area contributed by atoms with Crippen molar-refractivity contribution in [1.29, 1.82) is 5.26 Å². The van der Waals surface area contributed by atoms with E-state index in [1.807, 2.05) is 0 Å². The van der Waals surface area contributed by atoms with Crippen LogP contribution in [0, 0.1) is 11.3 Å². The van der Waals surface area contributed by atoms with Gasteiger partial charge < -0.3 is 5.32 Å². The minimum Gasteiger partial charge on any atom is -0.316 e. The number of fused-ring (bicyclic) bond motifs is 1. The summed E-state index contributed by atoms with van der Waals surface area (Å²) in [6.07, 6.45) is 3.07. The molecule has 0 radical (unpaired) electrons. The highest BCUT2D eigenvalue weighted by Gasteiger charge is 2.23. The van der Waals surface area contributed by atoms with Crippen LogP contribution in [0.15, 0.2) is 29.2 Å². The number of nitriles is 1. The molecule has 1 aromatic heterocycles. The summed E-state index contributed by atoms with van der Waals surface area (Å²) >= 11 is 1.49. The zero-order valence-electron chi connectivity index (χ0n) is 14.7. The molecule has 5 nitrogen and oxygen atoms in total. The standard InChI is InChI=1S/C19H20N2O3S2/c1-12(2)26(23,24)14-8-6-13(7-9-14)10-18(22)21-19-16(11-20)15-4-3-5-17(15)25-19/h6-9,12H,3-5,10H2,1-2H3,(H,21,22). The third-order valence-corrected chi connectivity index (χ3v) is 7.90. The largest absolute Gasteiger partial charge is 0.316 e. The van der Waals surface area contributed by atoms with Gasteiger partial charge in [-0.2, -0.15) is 5.26 Å². The van der Waals surface area contributed by atoms with Crippen molar-refractivity contribution in [2.45, 2.75) is 49.7 Å². The van der Waals surface area contributed by atoms with E-state index in [2.05, 4.69) is 11.4 Å². The maximum atomic E-state index is 12.3. The molecule has 1 amide bonds. The van der Waals surface area contributed by atoms with Gasteiger partial charge in [-0.15, -0.1) is 11.3 Å². The van der Waals surface area contributed by atoms with Gasteiger partial charge in [0.2, 0.25) is 5.91 Å². The van der Waals surface area contributed by atoms with Crippen molar-refractivity contribution in [3.05, 3.63) is 45.8 Å². The molecule has 26 heavy (non-hydrogen) atoms. The Bertz CT molecular complexity index is 981. The smallest absolute Gasteiger partial charge is 0.229 e. The van der Waals surface area contributed by atoms with Crippen LogP contribution in [0.3, 0.4) is 0 Å². The van der Waals surface area contributed by atoms with Crippen LogP contribution in [0.4, 0.5) is 5.00 Å². The fourth-order valence-electron chi connectivity index (χ4n) is 3.04. The van der Waals surface area contributed by atoms with Crippen LogP contribution < -0.4 is 5.32 Å². The molecule has 0 spiro atoms. The van der Waals surface area contributed by atoms with Crippen molar-refractivity contribution in [3.63, 3.8) is 0 Å². The normalized spacial score (nSPS) is 13.5. The number of aryl methyl sites for hydroxylation is 1. The summed E-state index contributed by atoms with van der Waals surface area (Å²) in [5.74, 6) is -0.208. The predicted octanol–water partition coefficient (Wildman–Crippen LogP) is 3.47. The van der Waals surface area contributed by atoms with Gasteiger partial charge >= 0.3 is 0 Å². The quantitative estimate of drug-likeness (QED) is 0.849. The van der Waals surface area contributed by atoms with E-state index in [1.165, 1.54) is 16.2 Å². The zero-order valence-corrected chi connectivity index (χ0v) is 16.3. The average molecular weight is 389 g/mol. The highest BCUT2D eigenvalue weighted by Crippen LogP contribution is 2.38. The first kappa shape index (κ1) is 18.6. The fraction of sp³-hybridized carbons (Fsp3) is 0.368. The predicted molar refractivity (Wildman–Crippen MR) is 102 cm³/mol. The third-order valence-electron chi connectivity index (χ3n) is 4.52. The van der Waals surface area contributed by atoms with Crippen molar-refractivity contribution < 1.29 is 13.2 Å². The number of rotatable bonds is 5. The number of sulfone groups is 1. The van der Waals surface area contributed by atoms with E-state index in [0.29, 0.717) is 10.6 Å². The third kappa shape index (κ3) is 3.53. The molecule has 0 saturated heterocycles. The van der Waals surface area contributed by atoms with Crippen molar-refractivity contribution >= 4 is 32.1 Å². The second kappa shape index (κ2) is 7.22. The van der Waals surface area contributed by atoms with Crippen molar-refractivity contribution in [2.75, 3.05) is 5.32 Å². The first-order chi connectivity index (χ1) is 12.3. The van der Waals surface area contributed by atoms with Gasteiger partial charge in [-0.05, 0) is 56.4 Å². The van der Waals surface area contributed by atoms with E-state index in [0.717, 1.165) is 30.4 Å². The fourth-order valence-corrected chi connectivity index (χ4v) is 5.35. The Morgan fingerprint density at radius 3 is 2.58 bits per heavy atom. The monoisotopic (exact) mass is 388 g/mol. The molecular weight excluding hydrogens is 368 g/mol. The van der Waals surface area contributed by atoms with Gasteiger partial charge in [0.15, 0.2) is 9.84 Å². The van der Waals surface area contributed by atoms with Gasteiger partial charge in [0.1, 0.15) is 11.1 Å². The molecule has 0 fully saturated rings. The first-order valence-electron chi connectivity index (χ1n) is 8.50. The van der Waals surface area contributed by atoms with E-state index < -0.39 is 15.1 Å². The highest BCUT2D eigenvalue weighted by atomic mass is 32.2. The second-order valence-electron chi connectivity index (χ2n) is 6.64. The minimum absolute atomic E-state index is 0.134. The number of hydrogen-bond donors (Lipinski definition) is 1. The van der Waals surface area contributed by atoms with E-state index in [1.54, 1.807) is 38.1 Å². The van der Waals surface area contributed by atoms with E-state index in [9.17, 15) is 18.5 Å². The second-order valence-corrected chi connectivity index (χ2v) is 10.2. The van der Waals surface area contributed by atoms with Gasteiger partial charge in [-0.25, -0.2) is 8.42 Å². The number of amides is 1. The van der Waals surface area contributed by atoms with Crippen LogP contribution in [0.5, 0.6) is 0 Å². The molecular formula is C19H20N2O3S2. The van der Waals surface area contributed by atoms with Crippen molar-refractivity contribution in [3.8, 4) is 6.07 Å². The molecule has 0 bridgehead atoms. The summed E-state index contributed by atoms with van der Waals surface area (Å²) in [6.45, 7) is 3.28. The lowest BCUT2D eigenvalue weighted by Crippen LogP contribution is -2.15. The minimum atomic E-state index is -3.31. The number of nitrogens with zero attached hydrogens (tertiary/aromatic N) is 1. The van der Waals surface area contributed by atoms with Gasteiger partial charge in [0.25, 0.3) is 0 Å². The average Bonchev–Trinajstić information content (AvgIpc) is 3.15. The van der Waals surface area contributed by atoms with Gasteiger partial charge in [0.05, 0.1) is 22.1 Å². The lowest BCUT2D eigenvalue weighted by Gasteiger charge is -2.09. The van der Waals surface area contributed by atoms with E-state index in [4.69, 9.17) is 0 Å². The Morgan fingerprint density at radius 1 is 1.27 bits per heavy atom. The molecule has 1 aliphatic rings. The van der Waals surface area contributed by atoms with E-state index in [-0.39, 0.29) is 17.2 Å². The lowest BCUT2D eigenvalue weighted by atomic mass is 10.1. The number of nitrogens with one attached hydrogen (secondary N) is 1. The summed E-state index contributed by atoms with van der Waals surface area (Å²) in [5.41, 5.74) is 2.40.